The van der Waals surface area contributed by atoms with E-state index in [1.165, 1.54) is 4.91 Å². The minimum Gasteiger partial charge on any atom is -0.361 e. The number of hydrogen-bond acceptors (Lipinski definition) is 3. The third kappa shape index (κ3) is 7.25. The highest BCUT2D eigenvalue weighted by Crippen LogP contribution is 2.44. The number of thioether (sulfide) groups is 1. The molecule has 0 saturated heterocycles. The molecule has 0 bridgehead atoms. The van der Waals surface area contributed by atoms with E-state index in [9.17, 15) is 4.79 Å². The van der Waals surface area contributed by atoms with Gasteiger partial charge in [-0.25, -0.2) is 0 Å². The van der Waals surface area contributed by atoms with Crippen LogP contribution in [-0.4, -0.2) is 33.6 Å². The van der Waals surface area contributed by atoms with Crippen molar-refractivity contribution in [1.29, 1.82) is 0 Å². The van der Waals surface area contributed by atoms with Crippen LogP contribution in [-0.2, 0) is 9.53 Å². The van der Waals surface area contributed by atoms with Gasteiger partial charge in [0.2, 0.25) is 0 Å². The average Bonchev–Trinajstić information content (AvgIpc) is 2.66. The number of allylic oxidation sites excluding steroid dienone is 1. The molecule has 1 unspecified atom stereocenters. The number of ether oxygens (including phenoxy) is 1. The molecule has 0 spiro atoms. The summed E-state index contributed by atoms with van der Waals surface area (Å²) in [6.45, 7) is 14.9. The maximum atomic E-state index is 13.7. The first-order valence-electron chi connectivity index (χ1n) is 10.8. The van der Waals surface area contributed by atoms with Crippen molar-refractivity contribution in [3.8, 4) is 0 Å². The van der Waals surface area contributed by atoms with Crippen LogP contribution < -0.4 is 4.90 Å². The molecule has 1 atom stereocenters. The normalized spacial score (nSPS) is 17.9. The van der Waals surface area contributed by atoms with Crippen LogP contribution in [0.25, 0.3) is 0 Å². The number of halogens is 1. The van der Waals surface area contributed by atoms with E-state index in [-0.39, 0.29) is 11.3 Å². The molecule has 1 aliphatic carbocycles. The van der Waals surface area contributed by atoms with Gasteiger partial charge in [0.25, 0.3) is 5.91 Å². The van der Waals surface area contributed by atoms with Crippen LogP contribution in [0.1, 0.15) is 40.0 Å². The molecular formula is C24H38BrNO2SSi. The van der Waals surface area contributed by atoms with Gasteiger partial charge in [-0.05, 0) is 75.9 Å². The van der Waals surface area contributed by atoms with Crippen LogP contribution in [0.4, 0.5) is 5.69 Å². The molecule has 3 nitrogen and oxygen atoms in total. The summed E-state index contributed by atoms with van der Waals surface area (Å²) in [6, 6.07) is 9.02. The van der Waals surface area contributed by atoms with Gasteiger partial charge in [-0.1, -0.05) is 52.5 Å². The van der Waals surface area contributed by atoms with E-state index in [0.29, 0.717) is 19.3 Å². The summed E-state index contributed by atoms with van der Waals surface area (Å²) in [5, 5.41) is 0. The molecule has 0 radical (unpaired) electrons. The Morgan fingerprint density at radius 3 is 2.50 bits per heavy atom. The van der Waals surface area contributed by atoms with Crippen molar-refractivity contribution in [3.63, 3.8) is 0 Å². The molecule has 1 aromatic rings. The fourth-order valence-corrected chi connectivity index (χ4v) is 5.74. The number of nitrogens with zero attached hydrogens (tertiary/aromatic N) is 1. The number of para-hydroxylation sites is 1. The number of benzene rings is 1. The van der Waals surface area contributed by atoms with Crippen molar-refractivity contribution in [2.24, 2.45) is 11.3 Å². The topological polar surface area (TPSA) is 29.5 Å². The minimum absolute atomic E-state index is 0.0895. The molecule has 168 valence electrons. The Kier molecular flexibility index (Phi) is 9.29. The lowest BCUT2D eigenvalue weighted by molar-refractivity contribution is -0.116. The Hall–Kier alpha value is -0.563. The predicted octanol–water partition coefficient (Wildman–Crippen LogP) is 7.56. The second-order valence-electron chi connectivity index (χ2n) is 10.4. The van der Waals surface area contributed by atoms with Gasteiger partial charge in [-0.3, -0.25) is 9.69 Å². The summed E-state index contributed by atoms with van der Waals surface area (Å²) in [5.41, 5.74) is 2.10. The molecule has 6 heteroatoms. The van der Waals surface area contributed by atoms with E-state index < -0.39 is 8.07 Å². The van der Waals surface area contributed by atoms with Crippen LogP contribution in [0, 0.1) is 11.3 Å². The van der Waals surface area contributed by atoms with Gasteiger partial charge in [0.15, 0.2) is 0 Å². The smallest absolute Gasteiger partial charge is 0.256 e. The Labute approximate surface area is 197 Å². The van der Waals surface area contributed by atoms with Gasteiger partial charge < -0.3 is 4.74 Å². The molecule has 0 fully saturated rings. The Bertz CT molecular complexity index is 767. The predicted molar refractivity (Wildman–Crippen MR) is 138 cm³/mol. The summed E-state index contributed by atoms with van der Waals surface area (Å²) in [7, 11) is -1.17. The molecule has 30 heavy (non-hydrogen) atoms. The zero-order valence-electron chi connectivity index (χ0n) is 19.7. The standard InChI is InChI=1S/C24H38BrNO2SSi/c1-24(2,3)18-12-13-19(22(16-18)29-4)23(27)26(17-28-14-15-30(5,6)7)21-11-9-8-10-20(21)25/h8-11,18H,12-17H2,1-7H3. The molecule has 0 saturated carbocycles. The third-order valence-corrected chi connectivity index (χ3v) is 9.13. The summed E-state index contributed by atoms with van der Waals surface area (Å²) in [6.07, 6.45) is 4.99. The third-order valence-electron chi connectivity index (χ3n) is 5.85. The number of rotatable bonds is 8. The van der Waals surface area contributed by atoms with E-state index in [2.05, 4.69) is 62.6 Å². The molecule has 0 N–H and O–H groups in total. The van der Waals surface area contributed by atoms with Crippen molar-refractivity contribution < 1.29 is 9.53 Å². The first kappa shape index (κ1) is 25.7. The van der Waals surface area contributed by atoms with Gasteiger partial charge in [-0.15, -0.1) is 11.8 Å². The largest absolute Gasteiger partial charge is 0.361 e. The second-order valence-corrected chi connectivity index (χ2v) is 17.8. The first-order chi connectivity index (χ1) is 13.9. The molecule has 0 aromatic heterocycles. The van der Waals surface area contributed by atoms with Crippen LogP contribution in [0.3, 0.4) is 0 Å². The van der Waals surface area contributed by atoms with Crippen LogP contribution in [0.2, 0.25) is 25.7 Å². The van der Waals surface area contributed by atoms with Crippen LogP contribution in [0.5, 0.6) is 0 Å². The Morgan fingerprint density at radius 2 is 1.93 bits per heavy atom. The van der Waals surface area contributed by atoms with E-state index in [0.717, 1.165) is 41.0 Å². The zero-order valence-corrected chi connectivity index (χ0v) is 23.1. The number of carbonyl (C=O) groups excluding carboxylic acids is 1. The van der Waals surface area contributed by atoms with Gasteiger partial charge in [-0.2, -0.15) is 0 Å². The zero-order chi connectivity index (χ0) is 22.5. The van der Waals surface area contributed by atoms with Crippen molar-refractivity contribution in [2.75, 3.05) is 24.5 Å². The lowest BCUT2D eigenvalue weighted by atomic mass is 9.73. The van der Waals surface area contributed by atoms with Crippen molar-refractivity contribution in [1.82, 2.24) is 0 Å². The van der Waals surface area contributed by atoms with Gasteiger partial charge in [0.05, 0.1) is 5.69 Å². The van der Waals surface area contributed by atoms with Crippen LogP contribution >= 0.6 is 27.7 Å². The van der Waals surface area contributed by atoms with Gasteiger partial charge >= 0.3 is 0 Å². The molecule has 1 aliphatic rings. The monoisotopic (exact) mass is 511 g/mol. The molecule has 0 heterocycles. The molecular weight excluding hydrogens is 474 g/mol. The van der Waals surface area contributed by atoms with Gasteiger partial charge in [0.1, 0.15) is 6.73 Å². The van der Waals surface area contributed by atoms with E-state index in [4.69, 9.17) is 4.74 Å². The quantitative estimate of drug-likeness (QED) is 0.205. The Balaban J connectivity index is 2.27. The maximum absolute atomic E-state index is 13.7. The highest BCUT2D eigenvalue weighted by atomic mass is 79.9. The fraction of sp³-hybridized carbons (Fsp3) is 0.625. The Morgan fingerprint density at radius 1 is 1.27 bits per heavy atom. The number of carbonyl (C=O) groups is 1. The number of amides is 1. The van der Waals surface area contributed by atoms with Crippen molar-refractivity contribution >= 4 is 47.4 Å². The van der Waals surface area contributed by atoms with E-state index in [1.54, 1.807) is 11.8 Å². The molecule has 1 amide bonds. The molecule has 1 aromatic carbocycles. The average molecular weight is 513 g/mol. The highest BCUT2D eigenvalue weighted by molar-refractivity contribution is 9.10. The second kappa shape index (κ2) is 10.8. The number of hydrogen-bond donors (Lipinski definition) is 0. The summed E-state index contributed by atoms with van der Waals surface area (Å²) < 4.78 is 6.95. The fourth-order valence-electron chi connectivity index (χ4n) is 3.68. The number of anilines is 1. The van der Waals surface area contributed by atoms with Crippen molar-refractivity contribution in [3.05, 3.63) is 39.2 Å². The van der Waals surface area contributed by atoms with Crippen LogP contribution in [0.15, 0.2) is 39.2 Å². The highest BCUT2D eigenvalue weighted by Gasteiger charge is 2.33. The van der Waals surface area contributed by atoms with Crippen molar-refractivity contribution in [2.45, 2.75) is 65.7 Å². The van der Waals surface area contributed by atoms with E-state index >= 15 is 0 Å². The SMILES string of the molecule is CSC1=C(C(=O)N(COCC[Si](C)(C)C)c2ccccc2Br)CCC(C(C)(C)C)C1. The maximum Gasteiger partial charge on any atom is 0.256 e. The summed E-state index contributed by atoms with van der Waals surface area (Å²) in [4.78, 5) is 16.8. The molecule has 0 aliphatic heterocycles. The first-order valence-corrected chi connectivity index (χ1v) is 16.6. The van der Waals surface area contributed by atoms with E-state index in [1.807, 2.05) is 29.2 Å². The lowest BCUT2D eigenvalue weighted by Gasteiger charge is -2.36. The lowest BCUT2D eigenvalue weighted by Crippen LogP contribution is -2.37. The van der Waals surface area contributed by atoms with Gasteiger partial charge in [0, 0.05) is 24.7 Å². The summed E-state index contributed by atoms with van der Waals surface area (Å²) in [5.74, 6) is 0.702. The minimum atomic E-state index is -1.17. The summed E-state index contributed by atoms with van der Waals surface area (Å²) >= 11 is 5.37. The molecule has 2 rings (SSSR count).